The topological polar surface area (TPSA) is 231 Å². The number of unbranched alkanes of at least 4 members (excludes halogenated alkanes) is 29. The number of phosphoric ester groups is 2. The van der Waals surface area contributed by atoms with Crippen molar-refractivity contribution in [1.29, 1.82) is 0 Å². The maximum Gasteiger partial charge on any atom is 0.472 e. The molecule has 4 N–H and O–H groups in total. The minimum atomic E-state index is -4.95. The number of phosphoric acid groups is 2. The zero-order chi connectivity index (χ0) is 82.2. The first-order valence-electron chi connectivity index (χ1n) is 44.1. The van der Waals surface area contributed by atoms with E-state index in [1.807, 2.05) is 0 Å². The van der Waals surface area contributed by atoms with Crippen molar-refractivity contribution in [3.63, 3.8) is 0 Å². The first-order valence-corrected chi connectivity index (χ1v) is 47.1. The Morgan fingerprint density at radius 3 is 0.743 bits per heavy atom. The van der Waals surface area contributed by atoms with Crippen LogP contribution >= 0.6 is 15.6 Å². The highest BCUT2D eigenvalue weighted by atomic mass is 31.2. The van der Waals surface area contributed by atoms with E-state index in [9.17, 15) is 43.5 Å². The zero-order valence-corrected chi connectivity index (χ0v) is 72.5. The number of aliphatic hydroxyl groups is 2. The summed E-state index contributed by atoms with van der Waals surface area (Å²) in [7, 11) is -9.83. The largest absolute Gasteiger partial charge is 0.472 e. The van der Waals surface area contributed by atoms with Gasteiger partial charge in [-0.15, -0.1) is 0 Å². The molecule has 0 bridgehead atoms. The average Bonchev–Trinajstić information content (AvgIpc) is 0.902. The number of ether oxygens (including phenoxy) is 3. The van der Waals surface area contributed by atoms with Gasteiger partial charge in [-0.25, -0.2) is 9.13 Å². The second-order valence-electron chi connectivity index (χ2n) is 28.9. The molecule has 113 heavy (non-hydrogen) atoms. The Labute approximate surface area is 687 Å². The fraction of sp³-hybridized carbons (Fsp3) is 0.653. The van der Waals surface area contributed by atoms with Crippen LogP contribution in [0.5, 0.6) is 0 Å². The first kappa shape index (κ1) is 108. The van der Waals surface area contributed by atoms with Crippen molar-refractivity contribution in [2.24, 2.45) is 0 Å². The third kappa shape index (κ3) is 87.3. The van der Waals surface area contributed by atoms with Gasteiger partial charge in [0.15, 0.2) is 6.10 Å². The predicted octanol–water partition coefficient (Wildman–Crippen LogP) is 26.9. The maximum atomic E-state index is 13.1. The fourth-order valence-corrected chi connectivity index (χ4v) is 13.1. The Morgan fingerprint density at radius 2 is 0.469 bits per heavy atom. The number of hydrogen-bond acceptors (Lipinski definition) is 14. The Balaban J connectivity index is 4.64. The van der Waals surface area contributed by atoms with Crippen LogP contribution in [0.15, 0.2) is 182 Å². The van der Waals surface area contributed by atoms with Gasteiger partial charge in [0.05, 0.1) is 26.4 Å². The molecule has 0 amide bonds. The van der Waals surface area contributed by atoms with Crippen LogP contribution in [-0.2, 0) is 55.8 Å². The number of aliphatic hydroxyl groups excluding tert-OH is 2. The van der Waals surface area contributed by atoms with Crippen LogP contribution < -0.4 is 0 Å². The lowest BCUT2D eigenvalue weighted by Crippen LogP contribution is -2.30. The average molecular weight is 1620 g/mol. The van der Waals surface area contributed by atoms with Crippen LogP contribution in [-0.4, -0.2) is 95.9 Å². The molecule has 0 aromatic rings. The minimum absolute atomic E-state index is 0.0798. The smallest absolute Gasteiger partial charge is 0.463 e. The summed E-state index contributed by atoms with van der Waals surface area (Å²) < 4.78 is 61.4. The van der Waals surface area contributed by atoms with Gasteiger partial charge in [-0.05, 0) is 161 Å². The van der Waals surface area contributed by atoms with Crippen LogP contribution in [0.2, 0.25) is 0 Å². The van der Waals surface area contributed by atoms with E-state index in [1.165, 1.54) is 103 Å². The van der Waals surface area contributed by atoms with Gasteiger partial charge in [0.25, 0.3) is 0 Å². The summed E-state index contributed by atoms with van der Waals surface area (Å²) in [5.74, 6) is -1.62. The van der Waals surface area contributed by atoms with Gasteiger partial charge in [0.2, 0.25) is 0 Å². The zero-order valence-electron chi connectivity index (χ0n) is 70.7. The second-order valence-corrected chi connectivity index (χ2v) is 31.8. The molecule has 0 saturated heterocycles. The van der Waals surface area contributed by atoms with Gasteiger partial charge in [-0.2, -0.15) is 0 Å². The van der Waals surface area contributed by atoms with Crippen molar-refractivity contribution in [2.45, 2.75) is 360 Å². The number of carbonyl (C=O) groups excluding carboxylic acids is 3. The van der Waals surface area contributed by atoms with Crippen LogP contribution in [0.3, 0.4) is 0 Å². The van der Waals surface area contributed by atoms with E-state index in [4.69, 9.17) is 32.3 Å². The van der Waals surface area contributed by atoms with Gasteiger partial charge in [-0.1, -0.05) is 344 Å². The van der Waals surface area contributed by atoms with E-state index in [2.05, 4.69) is 203 Å². The minimum Gasteiger partial charge on any atom is -0.463 e. The summed E-state index contributed by atoms with van der Waals surface area (Å²) in [6.07, 6.45) is 112. The van der Waals surface area contributed by atoms with Crippen molar-refractivity contribution in [3.05, 3.63) is 182 Å². The van der Waals surface area contributed by atoms with Crippen molar-refractivity contribution in [2.75, 3.05) is 39.6 Å². The number of rotatable bonds is 82. The van der Waals surface area contributed by atoms with Gasteiger partial charge in [-0.3, -0.25) is 32.5 Å². The molecule has 0 aliphatic carbocycles. The fourth-order valence-electron chi connectivity index (χ4n) is 11.5. The molecule has 0 fully saturated rings. The van der Waals surface area contributed by atoms with Crippen LogP contribution in [0.4, 0.5) is 0 Å². The summed E-state index contributed by atoms with van der Waals surface area (Å²) in [4.78, 5) is 58.9. The molecule has 0 aliphatic heterocycles. The van der Waals surface area contributed by atoms with Gasteiger partial charge in [0.1, 0.15) is 25.4 Å². The first-order chi connectivity index (χ1) is 55.2. The van der Waals surface area contributed by atoms with Crippen molar-refractivity contribution >= 4 is 33.6 Å². The summed E-state index contributed by atoms with van der Waals surface area (Å²) in [6.45, 7) is 2.40. The molecule has 16 nitrogen and oxygen atoms in total. The standard InChI is InChI=1S/C95H158O16P2/c1-4-7-10-13-16-19-22-25-28-31-34-37-40-41-42-43-44-45-46-47-50-52-54-57-60-63-66-69-72-75-78-81-93(98)105-84-90(96)85-107-112(101,102)108-86-91(97)87-109-113(103,104)110-89-92(111-95(100)83-80-77-74-71-68-65-62-59-56-53-49-39-36-33-30-27-24-21-18-15-12-9-6-3)88-106-94(99)82-79-76-73-70-67-64-61-58-55-51-48-38-35-32-29-26-23-20-17-14-11-8-5-2/h7-8,10-11,16-21,25-30,34-39,41-42,51,53,55-56,61,64,90-92,96-97H,4-6,9,12-15,22-24,31-33,40,43-50,52,54,57-60,62-63,65-89H2,1-3H3,(H,101,102)(H,103,104)/b10-7-,11-8-,19-16-,20-17-,21-18-,28-25-,29-26-,30-27-,37-34-,38-35-,39-36-,42-41-,55-51-,56-53-,64-61-. The number of carbonyl (C=O) groups is 3. The van der Waals surface area contributed by atoms with Gasteiger partial charge >= 0.3 is 33.6 Å². The number of esters is 3. The quantitative estimate of drug-likeness (QED) is 0.0146. The number of allylic oxidation sites excluding steroid dienone is 30. The Kier molecular flexibility index (Phi) is 81.9. The Morgan fingerprint density at radius 1 is 0.257 bits per heavy atom. The molecule has 18 heteroatoms. The highest BCUT2D eigenvalue weighted by Crippen LogP contribution is 2.45. The third-order valence-electron chi connectivity index (χ3n) is 18.1. The lowest BCUT2D eigenvalue weighted by atomic mass is 10.0. The molecular formula is C95H158O16P2. The Bertz CT molecular complexity index is 2780. The highest BCUT2D eigenvalue weighted by Gasteiger charge is 2.29. The van der Waals surface area contributed by atoms with Crippen LogP contribution in [0.1, 0.15) is 342 Å². The molecule has 0 radical (unpaired) electrons. The summed E-state index contributed by atoms with van der Waals surface area (Å²) in [6, 6.07) is 0. The molecule has 644 valence electrons. The van der Waals surface area contributed by atoms with E-state index in [0.717, 1.165) is 180 Å². The lowest BCUT2D eigenvalue weighted by Gasteiger charge is -2.21. The molecule has 0 heterocycles. The van der Waals surface area contributed by atoms with E-state index >= 15 is 0 Å². The normalized spacial score (nSPS) is 14.7. The molecule has 0 saturated carbocycles. The van der Waals surface area contributed by atoms with Crippen molar-refractivity contribution < 1.29 is 75.8 Å². The molecule has 0 aromatic carbocycles. The molecule has 0 spiro atoms. The number of hydrogen-bond donors (Lipinski definition) is 4. The van der Waals surface area contributed by atoms with E-state index < -0.39 is 91.5 Å². The summed E-state index contributed by atoms with van der Waals surface area (Å²) >= 11 is 0. The molecule has 5 atom stereocenters. The summed E-state index contributed by atoms with van der Waals surface area (Å²) in [5.41, 5.74) is 0. The van der Waals surface area contributed by atoms with Crippen LogP contribution in [0.25, 0.3) is 0 Å². The molecular weight excluding hydrogens is 1460 g/mol. The SMILES string of the molecule is CC/C=C\C/C=C\C/C=C\C/C=C\C/C=C\C/C=C\CCCCCCC(=O)OCC(COP(=O)(O)OCC(O)COP(=O)(O)OCC(O)COC(=O)CCCCCCCCCCCCCCCCC/C=C\C/C=C\C/C=C\C/C=C\C/C=C\CC)OC(=O)CCCCCCCCC/C=C\C/C=C\C/C=C\C/C=C\CCCCC. The maximum absolute atomic E-state index is 13.1. The molecule has 5 unspecified atom stereocenters. The summed E-state index contributed by atoms with van der Waals surface area (Å²) in [5, 5.41) is 20.7. The molecule has 0 rings (SSSR count). The molecule has 0 aromatic heterocycles. The predicted molar refractivity (Wildman–Crippen MR) is 472 cm³/mol. The van der Waals surface area contributed by atoms with E-state index in [-0.39, 0.29) is 19.3 Å². The van der Waals surface area contributed by atoms with Crippen molar-refractivity contribution in [3.8, 4) is 0 Å². The van der Waals surface area contributed by atoms with Gasteiger partial charge in [0, 0.05) is 19.3 Å². The second kappa shape index (κ2) is 86.0. The van der Waals surface area contributed by atoms with E-state index in [0.29, 0.717) is 19.3 Å². The van der Waals surface area contributed by atoms with Crippen LogP contribution in [0, 0.1) is 0 Å². The van der Waals surface area contributed by atoms with E-state index in [1.54, 1.807) is 0 Å². The highest BCUT2D eigenvalue weighted by molar-refractivity contribution is 7.47. The third-order valence-corrected chi connectivity index (χ3v) is 20.0. The van der Waals surface area contributed by atoms with Crippen molar-refractivity contribution in [1.82, 2.24) is 0 Å². The lowest BCUT2D eigenvalue weighted by molar-refractivity contribution is -0.161. The monoisotopic (exact) mass is 1620 g/mol. The molecule has 0 aliphatic rings. The Hall–Kier alpha value is -5.35. The van der Waals surface area contributed by atoms with Gasteiger partial charge < -0.3 is 34.2 Å².